The van der Waals surface area contributed by atoms with E-state index in [4.69, 9.17) is 15.2 Å². The highest BCUT2D eigenvalue weighted by molar-refractivity contribution is 5.77. The molecule has 3 aromatic heterocycles. The van der Waals surface area contributed by atoms with Crippen molar-refractivity contribution in [2.45, 2.75) is 25.3 Å². The molecule has 0 aromatic carbocycles. The molecule has 4 rings (SSSR count). The van der Waals surface area contributed by atoms with E-state index in [2.05, 4.69) is 37.0 Å². The lowest BCUT2D eigenvalue weighted by molar-refractivity contribution is 0.363. The first kappa shape index (κ1) is 17.9. The maximum absolute atomic E-state index is 9.37. The van der Waals surface area contributed by atoms with Gasteiger partial charge in [0.25, 0.3) is 5.88 Å². The number of hydrogen-bond acceptors (Lipinski definition) is 9. The lowest BCUT2D eigenvalue weighted by Crippen LogP contribution is -2.48. The minimum absolute atomic E-state index is 0.132. The van der Waals surface area contributed by atoms with Gasteiger partial charge in [-0.3, -0.25) is 5.10 Å². The Labute approximate surface area is 161 Å². The minimum atomic E-state index is -0.132. The molecule has 0 saturated carbocycles. The highest BCUT2D eigenvalue weighted by Gasteiger charge is 2.27. The first-order chi connectivity index (χ1) is 13.5. The number of rotatable bonds is 4. The summed E-state index contributed by atoms with van der Waals surface area (Å²) in [6.45, 7) is 3.72. The van der Waals surface area contributed by atoms with Crippen molar-refractivity contribution in [3.8, 4) is 23.6 Å². The number of anilines is 1. The number of nitrogens with zero attached hydrogens (tertiary/aromatic N) is 6. The fraction of sp³-hybridized carbons (Fsp3) is 0.389. The number of aromatic nitrogens is 5. The molecule has 0 spiro atoms. The van der Waals surface area contributed by atoms with Crippen molar-refractivity contribution < 1.29 is 9.47 Å². The summed E-state index contributed by atoms with van der Waals surface area (Å²) in [6, 6.07) is 3.60. The van der Waals surface area contributed by atoms with Gasteiger partial charge >= 0.3 is 0 Å². The van der Waals surface area contributed by atoms with E-state index in [1.54, 1.807) is 12.3 Å². The van der Waals surface area contributed by atoms with Crippen LogP contribution in [0.2, 0.25) is 0 Å². The molecular formula is C18H20N8O2. The Bertz CT molecular complexity index is 1050. The number of methoxy groups -OCH3 is 1. The van der Waals surface area contributed by atoms with Gasteiger partial charge in [-0.1, -0.05) is 0 Å². The van der Waals surface area contributed by atoms with Crippen LogP contribution in [-0.4, -0.2) is 50.9 Å². The van der Waals surface area contributed by atoms with Gasteiger partial charge in [0.15, 0.2) is 22.5 Å². The van der Waals surface area contributed by atoms with Crippen molar-refractivity contribution in [2.75, 3.05) is 25.1 Å². The van der Waals surface area contributed by atoms with Gasteiger partial charge < -0.3 is 20.1 Å². The first-order valence-corrected chi connectivity index (χ1v) is 8.86. The Kier molecular flexibility index (Phi) is 4.44. The van der Waals surface area contributed by atoms with Gasteiger partial charge in [-0.2, -0.15) is 5.26 Å². The van der Waals surface area contributed by atoms with Gasteiger partial charge in [-0.15, -0.1) is 5.10 Å². The molecule has 0 atom stereocenters. The van der Waals surface area contributed by atoms with Gasteiger partial charge in [0.05, 0.1) is 13.3 Å². The number of nitrogens with two attached hydrogens (primary N) is 1. The number of pyridine rings is 1. The number of nitriles is 1. The van der Waals surface area contributed by atoms with Crippen LogP contribution in [0.5, 0.6) is 17.5 Å². The van der Waals surface area contributed by atoms with Crippen molar-refractivity contribution in [2.24, 2.45) is 5.73 Å². The van der Waals surface area contributed by atoms with Crippen LogP contribution in [0, 0.1) is 11.3 Å². The summed E-state index contributed by atoms with van der Waals surface area (Å²) < 4.78 is 10.9. The normalized spacial score (nSPS) is 16.0. The van der Waals surface area contributed by atoms with E-state index in [0.29, 0.717) is 11.2 Å². The second-order valence-electron chi connectivity index (χ2n) is 7.00. The van der Waals surface area contributed by atoms with E-state index < -0.39 is 0 Å². The molecule has 0 amide bonds. The predicted octanol–water partition coefficient (Wildman–Crippen LogP) is 1.74. The van der Waals surface area contributed by atoms with E-state index in [0.717, 1.165) is 31.7 Å². The number of aromatic amines is 1. The van der Waals surface area contributed by atoms with Crippen LogP contribution in [0.4, 0.5) is 5.82 Å². The Morgan fingerprint density at radius 1 is 1.29 bits per heavy atom. The number of ether oxygens (including phenoxy) is 2. The molecule has 28 heavy (non-hydrogen) atoms. The monoisotopic (exact) mass is 380 g/mol. The molecule has 10 heteroatoms. The number of nitrogens with one attached hydrogen (secondary N) is 1. The highest BCUT2D eigenvalue weighted by atomic mass is 16.5. The van der Waals surface area contributed by atoms with Crippen molar-refractivity contribution in [3.63, 3.8) is 0 Å². The molecule has 4 heterocycles. The van der Waals surface area contributed by atoms with Crippen LogP contribution in [0.15, 0.2) is 18.5 Å². The van der Waals surface area contributed by atoms with Crippen molar-refractivity contribution in [1.29, 1.82) is 5.26 Å². The Morgan fingerprint density at radius 3 is 2.79 bits per heavy atom. The van der Waals surface area contributed by atoms with E-state index in [1.807, 2.05) is 6.07 Å². The first-order valence-electron chi connectivity index (χ1n) is 8.86. The molecule has 1 aliphatic rings. The van der Waals surface area contributed by atoms with Crippen LogP contribution < -0.4 is 20.1 Å². The average molecular weight is 380 g/mol. The zero-order chi connectivity index (χ0) is 19.7. The van der Waals surface area contributed by atoms with Gasteiger partial charge in [0, 0.05) is 30.9 Å². The second kappa shape index (κ2) is 6.94. The summed E-state index contributed by atoms with van der Waals surface area (Å²) in [4.78, 5) is 15.2. The lowest BCUT2D eigenvalue weighted by Gasteiger charge is -2.37. The van der Waals surface area contributed by atoms with Crippen LogP contribution >= 0.6 is 0 Å². The molecule has 0 aliphatic carbocycles. The third-order valence-corrected chi connectivity index (χ3v) is 4.85. The highest BCUT2D eigenvalue weighted by Crippen LogP contribution is 2.32. The van der Waals surface area contributed by atoms with Crippen LogP contribution in [0.25, 0.3) is 11.2 Å². The summed E-state index contributed by atoms with van der Waals surface area (Å²) in [5.41, 5.74) is 7.23. The SMILES string of the molecule is COc1nccc(Oc2n[nH]c3nc(N4CCC(C)(N)CC4)cnc23)c1C#N. The second-order valence-corrected chi connectivity index (χ2v) is 7.00. The van der Waals surface area contributed by atoms with Crippen molar-refractivity contribution >= 4 is 17.0 Å². The van der Waals surface area contributed by atoms with Gasteiger partial charge in [-0.25, -0.2) is 15.0 Å². The Hall–Kier alpha value is -3.45. The number of H-pyrrole nitrogens is 1. The Balaban J connectivity index is 1.60. The van der Waals surface area contributed by atoms with Gasteiger partial charge in [0.1, 0.15) is 11.9 Å². The molecule has 144 valence electrons. The summed E-state index contributed by atoms with van der Waals surface area (Å²) in [7, 11) is 1.44. The third kappa shape index (κ3) is 3.27. The van der Waals surface area contributed by atoms with Gasteiger partial charge in [0.2, 0.25) is 5.88 Å². The number of piperidine rings is 1. The smallest absolute Gasteiger partial charge is 0.266 e. The van der Waals surface area contributed by atoms with Crippen LogP contribution in [0.3, 0.4) is 0 Å². The molecule has 3 aromatic rings. The molecule has 0 unspecified atom stereocenters. The molecule has 0 radical (unpaired) electrons. The molecule has 1 saturated heterocycles. The maximum Gasteiger partial charge on any atom is 0.266 e. The van der Waals surface area contributed by atoms with E-state index in [9.17, 15) is 5.26 Å². The number of fused-ring (bicyclic) bond motifs is 1. The fourth-order valence-electron chi connectivity index (χ4n) is 3.11. The molecule has 0 bridgehead atoms. The topological polar surface area (TPSA) is 139 Å². The maximum atomic E-state index is 9.37. The summed E-state index contributed by atoms with van der Waals surface area (Å²) in [5, 5.41) is 16.4. The molecule has 10 nitrogen and oxygen atoms in total. The predicted molar refractivity (Wildman–Crippen MR) is 101 cm³/mol. The largest absolute Gasteiger partial charge is 0.480 e. The molecular weight excluding hydrogens is 360 g/mol. The van der Waals surface area contributed by atoms with E-state index >= 15 is 0 Å². The summed E-state index contributed by atoms with van der Waals surface area (Å²) in [5.74, 6) is 1.46. The Morgan fingerprint density at radius 2 is 2.07 bits per heavy atom. The average Bonchev–Trinajstić information content (AvgIpc) is 3.09. The fourth-order valence-corrected chi connectivity index (χ4v) is 3.11. The molecule has 3 N–H and O–H groups in total. The van der Waals surface area contributed by atoms with Crippen molar-refractivity contribution in [1.82, 2.24) is 25.1 Å². The van der Waals surface area contributed by atoms with Crippen molar-refractivity contribution in [3.05, 3.63) is 24.0 Å². The minimum Gasteiger partial charge on any atom is -0.480 e. The van der Waals surface area contributed by atoms with Crippen LogP contribution in [0.1, 0.15) is 25.3 Å². The standard InChI is InChI=1S/C18H20N8O2/c1-18(20)4-7-26(8-5-18)13-10-22-14-15(23-13)24-25-17(14)28-12-3-6-21-16(27-2)11(12)9-19/h3,6,10H,4-5,7-8,20H2,1-2H3,(H,23,24,25). The van der Waals surface area contributed by atoms with Crippen LogP contribution in [-0.2, 0) is 0 Å². The van der Waals surface area contributed by atoms with Gasteiger partial charge in [-0.05, 0) is 19.8 Å². The molecule has 1 aliphatic heterocycles. The lowest BCUT2D eigenvalue weighted by atomic mass is 9.91. The number of hydrogen-bond donors (Lipinski definition) is 2. The summed E-state index contributed by atoms with van der Waals surface area (Å²) in [6.07, 6.45) is 4.98. The quantitative estimate of drug-likeness (QED) is 0.692. The van der Waals surface area contributed by atoms with E-state index in [1.165, 1.54) is 13.3 Å². The van der Waals surface area contributed by atoms with E-state index in [-0.39, 0.29) is 28.6 Å². The zero-order valence-corrected chi connectivity index (χ0v) is 15.6. The third-order valence-electron chi connectivity index (χ3n) is 4.85. The molecule has 1 fully saturated rings. The zero-order valence-electron chi connectivity index (χ0n) is 15.6. The summed E-state index contributed by atoms with van der Waals surface area (Å²) >= 11 is 0.